The van der Waals surface area contributed by atoms with Gasteiger partial charge < -0.3 is 0 Å². The van der Waals surface area contributed by atoms with E-state index in [1.807, 2.05) is 19.9 Å². The molecule has 0 aliphatic rings. The average Bonchev–Trinajstić information content (AvgIpc) is 2.58. The molecule has 0 spiro atoms. The topological polar surface area (TPSA) is 0 Å². The summed E-state index contributed by atoms with van der Waals surface area (Å²) in [5.41, 5.74) is 7.83. The minimum Gasteiger partial charge on any atom is -0.0988 e. The maximum Gasteiger partial charge on any atom is -0.00796 e. The summed E-state index contributed by atoms with van der Waals surface area (Å²) in [5.74, 6) is 0. The van der Waals surface area contributed by atoms with E-state index in [0.29, 0.717) is 0 Å². The number of benzene rings is 2. The molecule has 0 radical (unpaired) electrons. The Morgan fingerprint density at radius 2 is 1.58 bits per heavy atom. The van der Waals surface area contributed by atoms with Gasteiger partial charge in [-0.05, 0) is 52.7 Å². The lowest BCUT2D eigenvalue weighted by Gasteiger charge is -2.21. The molecular weight excluding hydrogens is 288 g/mol. The SMILES string of the molecule is C=C/C(C)=C(\c1cccc(C(C)(C)C)c1)c1ccccc1C.CC. The highest BCUT2D eigenvalue weighted by atomic mass is 14.2. The van der Waals surface area contributed by atoms with Crippen molar-refractivity contribution >= 4 is 5.57 Å². The summed E-state index contributed by atoms with van der Waals surface area (Å²) >= 11 is 0. The molecule has 128 valence electrons. The summed E-state index contributed by atoms with van der Waals surface area (Å²) in [6.07, 6.45) is 1.95. The smallest absolute Gasteiger partial charge is 0.00796 e. The summed E-state index contributed by atoms with van der Waals surface area (Å²) in [6.45, 7) is 19.0. The van der Waals surface area contributed by atoms with Gasteiger partial charge in [0.25, 0.3) is 0 Å². The molecule has 2 aromatic carbocycles. The molecule has 0 bridgehead atoms. The van der Waals surface area contributed by atoms with Crippen molar-refractivity contribution in [2.75, 3.05) is 0 Å². The third kappa shape index (κ3) is 4.71. The lowest BCUT2D eigenvalue weighted by Crippen LogP contribution is -2.11. The standard InChI is InChI=1S/C22H26.C2H6/c1-7-16(2)21(20-14-9-8-11-17(20)3)18-12-10-13-19(15-18)22(4,5)6;1-2/h7-15H,1H2,2-6H3;1-2H3/b21-16+;. The predicted molar refractivity (Wildman–Crippen MR) is 110 cm³/mol. The average molecular weight is 321 g/mol. The first-order valence-electron chi connectivity index (χ1n) is 8.85. The Bertz CT molecular complexity index is 709. The van der Waals surface area contributed by atoms with Crippen molar-refractivity contribution in [1.82, 2.24) is 0 Å². The molecule has 2 rings (SSSR count). The molecule has 0 heteroatoms. The second-order valence-corrected chi connectivity index (χ2v) is 6.91. The van der Waals surface area contributed by atoms with Gasteiger partial charge in [-0.2, -0.15) is 0 Å². The fourth-order valence-corrected chi connectivity index (χ4v) is 2.69. The quantitative estimate of drug-likeness (QED) is 0.519. The van der Waals surface area contributed by atoms with Crippen molar-refractivity contribution in [3.63, 3.8) is 0 Å². The van der Waals surface area contributed by atoms with E-state index in [-0.39, 0.29) is 5.41 Å². The van der Waals surface area contributed by atoms with Gasteiger partial charge in [0.1, 0.15) is 0 Å². The lowest BCUT2D eigenvalue weighted by molar-refractivity contribution is 0.590. The molecule has 24 heavy (non-hydrogen) atoms. The maximum atomic E-state index is 3.98. The third-order valence-corrected chi connectivity index (χ3v) is 4.13. The van der Waals surface area contributed by atoms with E-state index >= 15 is 0 Å². The van der Waals surface area contributed by atoms with Crippen molar-refractivity contribution in [1.29, 1.82) is 0 Å². The number of rotatable bonds is 3. The van der Waals surface area contributed by atoms with Gasteiger partial charge >= 0.3 is 0 Å². The number of hydrogen-bond donors (Lipinski definition) is 0. The van der Waals surface area contributed by atoms with E-state index in [1.165, 1.54) is 33.4 Å². The van der Waals surface area contributed by atoms with Crippen molar-refractivity contribution < 1.29 is 0 Å². The van der Waals surface area contributed by atoms with Gasteiger partial charge in [-0.3, -0.25) is 0 Å². The zero-order valence-corrected chi connectivity index (χ0v) is 16.4. The third-order valence-electron chi connectivity index (χ3n) is 4.13. The molecular formula is C24H32. The zero-order chi connectivity index (χ0) is 18.3. The predicted octanol–water partition coefficient (Wildman–Crippen LogP) is 7.33. The molecule has 0 saturated heterocycles. The van der Waals surface area contributed by atoms with Crippen LogP contribution in [0.1, 0.15) is 63.8 Å². The van der Waals surface area contributed by atoms with Crippen LogP contribution in [0.25, 0.3) is 5.57 Å². The first-order chi connectivity index (χ1) is 11.3. The fourth-order valence-electron chi connectivity index (χ4n) is 2.69. The van der Waals surface area contributed by atoms with E-state index in [9.17, 15) is 0 Å². The molecule has 0 unspecified atom stereocenters. The second kappa shape index (κ2) is 8.68. The van der Waals surface area contributed by atoms with Crippen LogP contribution in [0.5, 0.6) is 0 Å². The first kappa shape index (κ1) is 20.0. The zero-order valence-electron chi connectivity index (χ0n) is 16.4. The molecule has 0 aliphatic heterocycles. The maximum absolute atomic E-state index is 3.98. The number of allylic oxidation sites excluding steroid dienone is 2. The van der Waals surface area contributed by atoms with Crippen molar-refractivity contribution in [3.8, 4) is 0 Å². The summed E-state index contributed by atoms with van der Waals surface area (Å²) in [5, 5.41) is 0. The van der Waals surface area contributed by atoms with E-state index in [2.05, 4.69) is 89.7 Å². The van der Waals surface area contributed by atoms with Crippen LogP contribution in [-0.4, -0.2) is 0 Å². The van der Waals surface area contributed by atoms with Gasteiger partial charge in [-0.1, -0.05) is 95.8 Å². The summed E-state index contributed by atoms with van der Waals surface area (Å²) in [7, 11) is 0. The van der Waals surface area contributed by atoms with E-state index in [0.717, 1.165) is 0 Å². The second-order valence-electron chi connectivity index (χ2n) is 6.91. The first-order valence-corrected chi connectivity index (χ1v) is 8.85. The van der Waals surface area contributed by atoms with Crippen LogP contribution in [0.3, 0.4) is 0 Å². The summed E-state index contributed by atoms with van der Waals surface area (Å²) in [6, 6.07) is 17.4. The minimum atomic E-state index is 0.148. The van der Waals surface area contributed by atoms with Crippen molar-refractivity contribution in [2.24, 2.45) is 0 Å². The molecule has 0 heterocycles. The van der Waals surface area contributed by atoms with E-state index < -0.39 is 0 Å². The van der Waals surface area contributed by atoms with Crippen molar-refractivity contribution in [3.05, 3.63) is 89.0 Å². The Hall–Kier alpha value is -2.08. The van der Waals surface area contributed by atoms with Crippen LogP contribution < -0.4 is 0 Å². The Balaban J connectivity index is 0.00000139. The van der Waals surface area contributed by atoms with Gasteiger partial charge in [-0.15, -0.1) is 0 Å². The van der Waals surface area contributed by atoms with Crippen molar-refractivity contribution in [2.45, 2.75) is 53.9 Å². The minimum absolute atomic E-state index is 0.148. The molecule has 0 N–H and O–H groups in total. The summed E-state index contributed by atoms with van der Waals surface area (Å²) < 4.78 is 0. The van der Waals surface area contributed by atoms with Crippen LogP contribution in [0.2, 0.25) is 0 Å². The molecule has 0 fully saturated rings. The van der Waals surface area contributed by atoms with E-state index in [4.69, 9.17) is 0 Å². The Morgan fingerprint density at radius 3 is 2.12 bits per heavy atom. The molecule has 0 amide bonds. The Kier molecular flexibility index (Phi) is 7.22. The molecule has 0 aliphatic carbocycles. The molecule has 0 saturated carbocycles. The Morgan fingerprint density at radius 1 is 0.958 bits per heavy atom. The lowest BCUT2D eigenvalue weighted by atomic mass is 9.83. The molecule has 0 aromatic heterocycles. The molecule has 0 nitrogen and oxygen atoms in total. The highest BCUT2D eigenvalue weighted by molar-refractivity contribution is 5.84. The normalized spacial score (nSPS) is 12.0. The summed E-state index contributed by atoms with van der Waals surface area (Å²) in [4.78, 5) is 0. The largest absolute Gasteiger partial charge is 0.0988 e. The van der Waals surface area contributed by atoms with Gasteiger partial charge in [-0.25, -0.2) is 0 Å². The van der Waals surface area contributed by atoms with Crippen LogP contribution >= 0.6 is 0 Å². The molecule has 0 atom stereocenters. The van der Waals surface area contributed by atoms with Crippen LogP contribution in [0.4, 0.5) is 0 Å². The van der Waals surface area contributed by atoms with Gasteiger partial charge in [0.15, 0.2) is 0 Å². The highest BCUT2D eigenvalue weighted by Gasteiger charge is 2.16. The van der Waals surface area contributed by atoms with Gasteiger partial charge in [0, 0.05) is 0 Å². The molecule has 2 aromatic rings. The van der Waals surface area contributed by atoms with E-state index in [1.54, 1.807) is 0 Å². The number of hydrogen-bond acceptors (Lipinski definition) is 0. The fraction of sp³-hybridized carbons (Fsp3) is 0.333. The van der Waals surface area contributed by atoms with Crippen LogP contribution in [-0.2, 0) is 5.41 Å². The van der Waals surface area contributed by atoms with Crippen LogP contribution in [0.15, 0.2) is 66.8 Å². The number of aryl methyl sites for hydroxylation is 1. The Labute approximate surface area is 148 Å². The van der Waals surface area contributed by atoms with Gasteiger partial charge in [0.05, 0.1) is 0 Å². The van der Waals surface area contributed by atoms with Gasteiger partial charge in [0.2, 0.25) is 0 Å². The highest BCUT2D eigenvalue weighted by Crippen LogP contribution is 2.32. The monoisotopic (exact) mass is 320 g/mol. The van der Waals surface area contributed by atoms with Crippen LogP contribution in [0, 0.1) is 6.92 Å².